The lowest BCUT2D eigenvalue weighted by atomic mass is 9.94. The molecule has 1 saturated carbocycles. The van der Waals surface area contributed by atoms with Crippen LogP contribution in [0, 0.1) is 6.92 Å². The van der Waals surface area contributed by atoms with E-state index in [0.717, 1.165) is 23.3 Å². The number of thioether (sulfide) groups is 1. The highest BCUT2D eigenvalue weighted by atomic mass is 35.5. The summed E-state index contributed by atoms with van der Waals surface area (Å²) in [4.78, 5) is 28.2. The summed E-state index contributed by atoms with van der Waals surface area (Å²) in [7, 11) is 1.90. The number of amides is 2. The highest BCUT2D eigenvalue weighted by molar-refractivity contribution is 8.00. The fraction of sp³-hybridized carbons (Fsp3) is 0.391. The quantitative estimate of drug-likeness (QED) is 0.590. The number of rotatable bonds is 6. The van der Waals surface area contributed by atoms with E-state index < -0.39 is 0 Å². The molecule has 1 aliphatic carbocycles. The number of benzene rings is 2. The van der Waals surface area contributed by atoms with E-state index >= 15 is 0 Å². The standard InChI is InChI=1S/C23H27ClN2O2S/c1-16-19(24)12-8-13-20(16)25-23(28)18-11-6-7-14-21(18)29-15-22(27)26(2)17-9-4-3-5-10-17/h6-8,11-14,17H,3-5,9-10,15H2,1-2H3,(H,25,28). The summed E-state index contributed by atoms with van der Waals surface area (Å²) in [5, 5.41) is 3.55. The first-order chi connectivity index (χ1) is 14.0. The van der Waals surface area contributed by atoms with E-state index in [9.17, 15) is 9.59 Å². The van der Waals surface area contributed by atoms with Gasteiger partial charge in [-0.3, -0.25) is 9.59 Å². The van der Waals surface area contributed by atoms with E-state index in [1.165, 1.54) is 31.0 Å². The Morgan fingerprint density at radius 2 is 1.83 bits per heavy atom. The zero-order chi connectivity index (χ0) is 20.8. The Labute approximate surface area is 182 Å². The predicted molar refractivity (Wildman–Crippen MR) is 121 cm³/mol. The van der Waals surface area contributed by atoms with Gasteiger partial charge in [0.2, 0.25) is 5.91 Å². The monoisotopic (exact) mass is 430 g/mol. The molecule has 0 spiro atoms. The minimum absolute atomic E-state index is 0.114. The van der Waals surface area contributed by atoms with Gasteiger partial charge < -0.3 is 10.2 Å². The molecule has 2 aromatic rings. The maximum atomic E-state index is 12.9. The Balaban J connectivity index is 1.66. The first kappa shape index (κ1) is 21.7. The van der Waals surface area contributed by atoms with Crippen LogP contribution in [0.2, 0.25) is 5.02 Å². The molecule has 0 radical (unpaired) electrons. The normalized spacial score (nSPS) is 14.4. The van der Waals surface area contributed by atoms with Gasteiger partial charge in [-0.15, -0.1) is 11.8 Å². The number of nitrogens with one attached hydrogen (secondary N) is 1. The second-order valence-electron chi connectivity index (χ2n) is 7.45. The van der Waals surface area contributed by atoms with Gasteiger partial charge >= 0.3 is 0 Å². The van der Waals surface area contributed by atoms with E-state index in [1.807, 2.05) is 49.2 Å². The summed E-state index contributed by atoms with van der Waals surface area (Å²) in [6, 6.07) is 13.2. The third-order valence-electron chi connectivity index (χ3n) is 5.51. The van der Waals surface area contributed by atoms with Crippen LogP contribution in [-0.4, -0.2) is 35.6 Å². The second-order valence-corrected chi connectivity index (χ2v) is 8.87. The summed E-state index contributed by atoms with van der Waals surface area (Å²) < 4.78 is 0. The molecule has 2 amide bonds. The Morgan fingerprint density at radius 3 is 2.59 bits per heavy atom. The summed E-state index contributed by atoms with van der Waals surface area (Å²) in [6.45, 7) is 1.87. The van der Waals surface area contributed by atoms with Crippen LogP contribution in [0.1, 0.15) is 48.0 Å². The van der Waals surface area contributed by atoms with Gasteiger partial charge in [-0.2, -0.15) is 0 Å². The first-order valence-electron chi connectivity index (χ1n) is 10.0. The van der Waals surface area contributed by atoms with Gasteiger partial charge in [0.05, 0.1) is 11.3 Å². The lowest BCUT2D eigenvalue weighted by molar-refractivity contribution is -0.129. The maximum Gasteiger partial charge on any atom is 0.256 e. The van der Waals surface area contributed by atoms with Gasteiger partial charge in [0.25, 0.3) is 5.91 Å². The van der Waals surface area contributed by atoms with Crippen molar-refractivity contribution in [2.75, 3.05) is 18.1 Å². The summed E-state index contributed by atoms with van der Waals surface area (Å²) >= 11 is 7.57. The van der Waals surface area contributed by atoms with E-state index in [4.69, 9.17) is 11.6 Å². The van der Waals surface area contributed by atoms with Gasteiger partial charge in [0.15, 0.2) is 0 Å². The third-order valence-corrected chi connectivity index (χ3v) is 6.98. The molecular formula is C23H27ClN2O2S. The molecule has 1 aliphatic rings. The fourth-order valence-corrected chi connectivity index (χ4v) is 4.77. The predicted octanol–water partition coefficient (Wildman–Crippen LogP) is 5.78. The second kappa shape index (κ2) is 10.2. The smallest absolute Gasteiger partial charge is 0.256 e. The number of hydrogen-bond acceptors (Lipinski definition) is 3. The van der Waals surface area contributed by atoms with Crippen LogP contribution in [0.25, 0.3) is 0 Å². The molecule has 0 atom stereocenters. The first-order valence-corrected chi connectivity index (χ1v) is 11.4. The molecule has 0 unspecified atom stereocenters. The molecule has 0 aromatic heterocycles. The molecule has 3 rings (SSSR count). The average Bonchev–Trinajstić information content (AvgIpc) is 2.75. The molecule has 1 N–H and O–H groups in total. The lowest BCUT2D eigenvalue weighted by Gasteiger charge is -2.31. The van der Waals surface area contributed by atoms with Gasteiger partial charge in [-0.05, 0) is 49.6 Å². The van der Waals surface area contributed by atoms with Crippen molar-refractivity contribution < 1.29 is 9.59 Å². The van der Waals surface area contributed by atoms with Gasteiger partial charge in [0.1, 0.15) is 0 Å². The maximum absolute atomic E-state index is 12.9. The van der Waals surface area contributed by atoms with Crippen molar-refractivity contribution >= 4 is 40.9 Å². The number of anilines is 1. The summed E-state index contributed by atoms with van der Waals surface area (Å²) in [6.07, 6.45) is 5.83. The number of carbonyl (C=O) groups is 2. The minimum atomic E-state index is -0.202. The van der Waals surface area contributed by atoms with Crippen molar-refractivity contribution in [3.8, 4) is 0 Å². The molecular weight excluding hydrogens is 404 g/mol. The molecule has 0 aliphatic heterocycles. The van der Waals surface area contributed by atoms with Crippen LogP contribution in [0.4, 0.5) is 5.69 Å². The van der Waals surface area contributed by atoms with Crippen molar-refractivity contribution in [2.45, 2.75) is 50.0 Å². The number of carbonyl (C=O) groups excluding carboxylic acids is 2. The van der Waals surface area contributed by atoms with Crippen molar-refractivity contribution in [1.29, 1.82) is 0 Å². The third kappa shape index (κ3) is 5.55. The minimum Gasteiger partial charge on any atom is -0.342 e. The molecule has 0 bridgehead atoms. The zero-order valence-electron chi connectivity index (χ0n) is 16.9. The number of nitrogens with zero attached hydrogens (tertiary/aromatic N) is 1. The van der Waals surface area contributed by atoms with Crippen LogP contribution in [0.15, 0.2) is 47.4 Å². The average molecular weight is 431 g/mol. The van der Waals surface area contributed by atoms with Crippen molar-refractivity contribution in [2.24, 2.45) is 0 Å². The van der Waals surface area contributed by atoms with Crippen molar-refractivity contribution in [1.82, 2.24) is 4.90 Å². The largest absolute Gasteiger partial charge is 0.342 e. The van der Waals surface area contributed by atoms with Crippen molar-refractivity contribution in [3.63, 3.8) is 0 Å². The molecule has 1 fully saturated rings. The van der Waals surface area contributed by atoms with Crippen LogP contribution in [0.5, 0.6) is 0 Å². The Hall–Kier alpha value is -1.98. The molecule has 2 aromatic carbocycles. The van der Waals surface area contributed by atoms with Gasteiger partial charge in [-0.1, -0.05) is 49.1 Å². The summed E-state index contributed by atoms with van der Waals surface area (Å²) in [5.74, 6) is 0.238. The van der Waals surface area contributed by atoms with E-state index in [2.05, 4.69) is 5.32 Å². The molecule has 4 nitrogen and oxygen atoms in total. The fourth-order valence-electron chi connectivity index (χ4n) is 3.63. The molecule has 29 heavy (non-hydrogen) atoms. The number of halogens is 1. The lowest BCUT2D eigenvalue weighted by Crippen LogP contribution is -2.39. The highest BCUT2D eigenvalue weighted by Gasteiger charge is 2.22. The van der Waals surface area contributed by atoms with E-state index in [-0.39, 0.29) is 11.8 Å². The van der Waals surface area contributed by atoms with E-state index in [0.29, 0.717) is 28.1 Å². The SMILES string of the molecule is Cc1c(Cl)cccc1NC(=O)c1ccccc1SCC(=O)N(C)C1CCCCC1. The van der Waals surface area contributed by atoms with Crippen LogP contribution >= 0.6 is 23.4 Å². The van der Waals surface area contributed by atoms with E-state index in [1.54, 1.807) is 12.1 Å². The van der Waals surface area contributed by atoms with Crippen LogP contribution in [-0.2, 0) is 4.79 Å². The zero-order valence-corrected chi connectivity index (χ0v) is 18.5. The van der Waals surface area contributed by atoms with Gasteiger partial charge in [0, 0.05) is 28.7 Å². The van der Waals surface area contributed by atoms with Crippen LogP contribution in [0.3, 0.4) is 0 Å². The van der Waals surface area contributed by atoms with Crippen molar-refractivity contribution in [3.05, 3.63) is 58.6 Å². The highest BCUT2D eigenvalue weighted by Crippen LogP contribution is 2.28. The molecule has 0 saturated heterocycles. The number of hydrogen-bond donors (Lipinski definition) is 1. The Kier molecular flexibility index (Phi) is 7.62. The van der Waals surface area contributed by atoms with Crippen LogP contribution < -0.4 is 5.32 Å². The summed E-state index contributed by atoms with van der Waals surface area (Å²) in [5.41, 5.74) is 2.08. The topological polar surface area (TPSA) is 49.4 Å². The Bertz CT molecular complexity index is 881. The molecule has 0 heterocycles. The van der Waals surface area contributed by atoms with Gasteiger partial charge in [-0.25, -0.2) is 0 Å². The molecule has 6 heteroatoms. The Morgan fingerprint density at radius 1 is 1.10 bits per heavy atom. The molecule has 154 valence electrons.